The lowest BCUT2D eigenvalue weighted by atomic mass is 10.2. The van der Waals surface area contributed by atoms with Crippen LogP contribution in [0.3, 0.4) is 0 Å². The summed E-state index contributed by atoms with van der Waals surface area (Å²) in [5.74, 6) is 0. The van der Waals surface area contributed by atoms with Crippen LogP contribution >= 0.6 is 0 Å². The van der Waals surface area contributed by atoms with E-state index in [4.69, 9.17) is 13.8 Å². The molecule has 0 rings (SSSR count). The van der Waals surface area contributed by atoms with Crippen LogP contribution in [0.4, 0.5) is 0 Å². The molecule has 0 N–H and O–H groups in total. The van der Waals surface area contributed by atoms with Crippen molar-refractivity contribution in [1.29, 1.82) is 0 Å². The van der Waals surface area contributed by atoms with E-state index in [0.717, 1.165) is 13.0 Å². The van der Waals surface area contributed by atoms with Crippen molar-refractivity contribution in [2.75, 3.05) is 6.54 Å². The van der Waals surface area contributed by atoms with Crippen LogP contribution in [0.1, 0.15) is 27.2 Å². The molecule has 0 aromatic rings. The van der Waals surface area contributed by atoms with Crippen LogP contribution in [-0.4, -0.2) is 23.5 Å². The quantitative estimate of drug-likeness (QED) is 0.575. The third-order valence-corrected chi connectivity index (χ3v) is 1.53. The summed E-state index contributed by atoms with van der Waals surface area (Å²) in [4.78, 5) is 2.07. The normalized spacial score (nSPS) is 12.0. The minimum absolute atomic E-state index is 0.0694. The maximum Gasteiger partial charge on any atom is 0.0105 e. The Bertz CT molecular complexity index is 68.8. The lowest BCUT2D eigenvalue weighted by molar-refractivity contribution is 0.207. The van der Waals surface area contributed by atoms with Gasteiger partial charge in [0.1, 0.15) is 0 Å². The Kier molecular flexibility index (Phi) is 4.71. The molecule has 0 amide bonds. The highest BCUT2D eigenvalue weighted by Gasteiger charge is 2.11. The zero-order valence-corrected chi connectivity index (χ0v) is 7.17. The Morgan fingerprint density at radius 2 is 1.60 bits per heavy atom. The van der Waals surface area contributed by atoms with Crippen molar-refractivity contribution in [3.63, 3.8) is 0 Å². The molecule has 0 aliphatic carbocycles. The second-order valence-electron chi connectivity index (χ2n) is 2.72. The van der Waals surface area contributed by atoms with Crippen molar-refractivity contribution in [3.05, 3.63) is 13.8 Å². The molecule has 58 valence electrons. The van der Waals surface area contributed by atoms with Crippen LogP contribution in [-0.2, 0) is 0 Å². The minimum Gasteiger partial charge on any atom is -0.297 e. The van der Waals surface area contributed by atoms with Gasteiger partial charge in [-0.15, -0.1) is 0 Å². The van der Waals surface area contributed by atoms with Gasteiger partial charge in [0.2, 0.25) is 0 Å². The highest BCUT2D eigenvalue weighted by atomic mass is 15.2. The topological polar surface area (TPSA) is 3.24 Å². The molecule has 1 nitrogen and oxygen atoms in total. The largest absolute Gasteiger partial charge is 0.297 e. The highest BCUT2D eigenvalue weighted by Crippen LogP contribution is 2.04. The Labute approximate surface area is 65.4 Å². The van der Waals surface area contributed by atoms with Crippen LogP contribution in [0.15, 0.2) is 0 Å². The second kappa shape index (κ2) is 4.73. The zero-order chi connectivity index (χ0) is 8.15. The molecule has 0 aromatic heterocycles. The van der Waals surface area contributed by atoms with Crippen LogP contribution < -0.4 is 0 Å². The molecule has 10 heavy (non-hydrogen) atoms. The zero-order valence-electron chi connectivity index (χ0n) is 7.17. The molecule has 2 unspecified atom stereocenters. The van der Waals surface area contributed by atoms with Gasteiger partial charge in [0.15, 0.2) is 0 Å². The summed E-state index contributed by atoms with van der Waals surface area (Å²) in [5.41, 5.74) is 0. The molecule has 0 saturated heterocycles. The summed E-state index contributed by atoms with van der Waals surface area (Å²) in [6.07, 6.45) is 1.10. The van der Waals surface area contributed by atoms with Crippen molar-refractivity contribution in [2.45, 2.75) is 39.3 Å². The number of nitrogens with zero attached hydrogens (tertiary/aromatic N) is 1. The van der Waals surface area contributed by atoms with E-state index in [-0.39, 0.29) is 12.1 Å². The summed E-state index contributed by atoms with van der Waals surface area (Å²) >= 11 is 0. The SMILES string of the molecule is [CH]C(C)N(CCC)C([CH])C. The van der Waals surface area contributed by atoms with Crippen LogP contribution in [0.25, 0.3) is 0 Å². The van der Waals surface area contributed by atoms with Crippen molar-refractivity contribution in [1.82, 2.24) is 4.90 Å². The maximum absolute atomic E-state index is 5.67. The van der Waals surface area contributed by atoms with Gasteiger partial charge in [-0.05, 0) is 40.7 Å². The Balaban J connectivity index is 3.73. The van der Waals surface area contributed by atoms with E-state index in [1.165, 1.54) is 0 Å². The molecular formula is C9H17N. The third kappa shape index (κ3) is 3.21. The fraction of sp³-hybridized carbons (Fsp3) is 0.778. The van der Waals surface area contributed by atoms with E-state index in [0.29, 0.717) is 0 Å². The molecule has 0 fully saturated rings. The number of hydrogen-bond acceptors (Lipinski definition) is 1. The molecule has 0 aliphatic heterocycles. The summed E-state index contributed by atoms with van der Waals surface area (Å²) in [6.45, 7) is 18.4. The Morgan fingerprint density at radius 1 is 1.20 bits per heavy atom. The lowest BCUT2D eigenvalue weighted by Crippen LogP contribution is -2.37. The summed E-state index contributed by atoms with van der Waals surface area (Å²) in [6, 6.07) is 0.139. The van der Waals surface area contributed by atoms with Crippen molar-refractivity contribution in [2.24, 2.45) is 0 Å². The van der Waals surface area contributed by atoms with Gasteiger partial charge in [0, 0.05) is 12.1 Å². The first-order chi connectivity index (χ1) is 4.59. The standard InChI is InChI=1S/C9H17N/c1-6-7-10(8(2)3)9(4)5/h2,4,8-9H,6-7H2,1,3,5H3. The molecular weight excluding hydrogens is 122 g/mol. The molecule has 0 saturated carbocycles. The lowest BCUT2D eigenvalue weighted by Gasteiger charge is -2.29. The molecule has 4 radical (unpaired) electrons. The molecule has 1 heteroatoms. The first-order valence-electron chi connectivity index (χ1n) is 3.86. The average molecular weight is 139 g/mol. The third-order valence-electron chi connectivity index (χ3n) is 1.53. The predicted molar refractivity (Wildman–Crippen MR) is 44.5 cm³/mol. The second-order valence-corrected chi connectivity index (χ2v) is 2.72. The van der Waals surface area contributed by atoms with E-state index in [2.05, 4.69) is 11.8 Å². The first-order valence-corrected chi connectivity index (χ1v) is 3.86. The van der Waals surface area contributed by atoms with Crippen molar-refractivity contribution in [3.8, 4) is 0 Å². The van der Waals surface area contributed by atoms with Crippen LogP contribution in [0, 0.1) is 13.8 Å². The van der Waals surface area contributed by atoms with Gasteiger partial charge in [-0.3, -0.25) is 4.90 Å². The van der Waals surface area contributed by atoms with Gasteiger partial charge in [0.25, 0.3) is 0 Å². The molecule has 0 aliphatic rings. The average Bonchev–Trinajstić information content (AvgIpc) is 1.81. The van der Waals surface area contributed by atoms with E-state index in [9.17, 15) is 0 Å². The number of rotatable bonds is 4. The maximum atomic E-state index is 5.67. The van der Waals surface area contributed by atoms with Crippen LogP contribution in [0.5, 0.6) is 0 Å². The molecule has 0 heterocycles. The molecule has 0 aromatic carbocycles. The summed E-state index contributed by atoms with van der Waals surface area (Å²) < 4.78 is 0. The summed E-state index contributed by atoms with van der Waals surface area (Å²) in [7, 11) is 0. The van der Waals surface area contributed by atoms with Gasteiger partial charge >= 0.3 is 0 Å². The fourth-order valence-electron chi connectivity index (χ4n) is 1.04. The Morgan fingerprint density at radius 3 is 1.70 bits per heavy atom. The van der Waals surface area contributed by atoms with Gasteiger partial charge < -0.3 is 0 Å². The van der Waals surface area contributed by atoms with E-state index in [1.807, 2.05) is 13.8 Å². The van der Waals surface area contributed by atoms with E-state index in [1.54, 1.807) is 0 Å². The fourth-order valence-corrected chi connectivity index (χ4v) is 1.04. The van der Waals surface area contributed by atoms with Gasteiger partial charge in [-0.1, -0.05) is 6.92 Å². The Hall–Kier alpha value is -0.0400. The predicted octanol–water partition coefficient (Wildman–Crippen LogP) is 1.90. The first kappa shape index (κ1) is 9.96. The molecule has 0 bridgehead atoms. The smallest absolute Gasteiger partial charge is 0.0105 e. The van der Waals surface area contributed by atoms with Gasteiger partial charge in [-0.25, -0.2) is 0 Å². The molecule has 0 spiro atoms. The van der Waals surface area contributed by atoms with Crippen LogP contribution in [0.2, 0.25) is 0 Å². The van der Waals surface area contributed by atoms with Crippen molar-refractivity contribution >= 4 is 0 Å². The van der Waals surface area contributed by atoms with Gasteiger partial charge in [0.05, 0.1) is 0 Å². The highest BCUT2D eigenvalue weighted by molar-refractivity contribution is 4.75. The summed E-state index contributed by atoms with van der Waals surface area (Å²) in [5, 5.41) is 0. The van der Waals surface area contributed by atoms with E-state index < -0.39 is 0 Å². The monoisotopic (exact) mass is 139 g/mol. The number of hydrogen-bond donors (Lipinski definition) is 0. The minimum atomic E-state index is 0.0694. The van der Waals surface area contributed by atoms with Crippen molar-refractivity contribution < 1.29 is 0 Å². The molecule has 2 atom stereocenters. The van der Waals surface area contributed by atoms with Gasteiger partial charge in [-0.2, -0.15) is 0 Å². The van der Waals surface area contributed by atoms with E-state index >= 15 is 0 Å².